The van der Waals surface area contributed by atoms with E-state index < -0.39 is 5.97 Å². The first-order valence-corrected chi connectivity index (χ1v) is 8.31. The summed E-state index contributed by atoms with van der Waals surface area (Å²) in [5, 5.41) is 13.6. The summed E-state index contributed by atoms with van der Waals surface area (Å²) in [6.45, 7) is 0. The van der Waals surface area contributed by atoms with Crippen LogP contribution in [0.5, 0.6) is 5.75 Å². The van der Waals surface area contributed by atoms with Gasteiger partial charge in [0.2, 0.25) is 5.91 Å². The van der Waals surface area contributed by atoms with E-state index in [1.165, 1.54) is 7.11 Å². The maximum Gasteiger partial charge on any atom is 0.352 e. The lowest BCUT2D eigenvalue weighted by molar-refractivity contribution is -0.115. The quantitative estimate of drug-likeness (QED) is 0.601. The zero-order valence-corrected chi connectivity index (χ0v) is 15.1. The molecule has 134 valence electrons. The maximum atomic E-state index is 12.4. The van der Waals surface area contributed by atoms with Crippen molar-refractivity contribution in [3.63, 3.8) is 0 Å². The van der Waals surface area contributed by atoms with Crippen LogP contribution in [-0.4, -0.2) is 29.1 Å². The van der Waals surface area contributed by atoms with Crippen molar-refractivity contribution in [3.8, 4) is 5.75 Å². The molecule has 0 bridgehead atoms. The lowest BCUT2D eigenvalue weighted by Crippen LogP contribution is -2.16. The average Bonchev–Trinajstić information content (AvgIpc) is 2.94. The molecule has 0 aliphatic heterocycles. The van der Waals surface area contributed by atoms with Crippen molar-refractivity contribution in [2.24, 2.45) is 0 Å². The summed E-state index contributed by atoms with van der Waals surface area (Å²) >= 11 is 12.0. The number of aromatic amines is 1. The molecule has 0 fully saturated rings. The van der Waals surface area contributed by atoms with Crippen LogP contribution in [0, 0.1) is 0 Å². The van der Waals surface area contributed by atoms with Crippen LogP contribution in [0.25, 0.3) is 10.9 Å². The molecule has 26 heavy (non-hydrogen) atoms. The van der Waals surface area contributed by atoms with Gasteiger partial charge in [-0.05, 0) is 30.3 Å². The van der Waals surface area contributed by atoms with Gasteiger partial charge in [0.25, 0.3) is 0 Å². The monoisotopic (exact) mass is 392 g/mol. The molecule has 0 saturated carbocycles. The fourth-order valence-corrected chi connectivity index (χ4v) is 3.06. The van der Waals surface area contributed by atoms with Gasteiger partial charge in [-0.15, -0.1) is 0 Å². The molecule has 0 radical (unpaired) electrons. The molecule has 0 unspecified atom stereocenters. The Morgan fingerprint density at radius 3 is 2.65 bits per heavy atom. The van der Waals surface area contributed by atoms with Crippen LogP contribution in [-0.2, 0) is 11.2 Å². The number of aromatic nitrogens is 1. The molecule has 2 aromatic carbocycles. The van der Waals surface area contributed by atoms with Gasteiger partial charge in [-0.2, -0.15) is 0 Å². The fourth-order valence-electron chi connectivity index (χ4n) is 2.69. The molecule has 1 amide bonds. The number of halogens is 2. The molecule has 6 nitrogen and oxygen atoms in total. The Bertz CT molecular complexity index is 1010. The van der Waals surface area contributed by atoms with Gasteiger partial charge in [-0.3, -0.25) is 4.79 Å². The maximum absolute atomic E-state index is 12.4. The molecule has 3 rings (SSSR count). The number of carbonyl (C=O) groups excluding carboxylic acids is 1. The molecular formula is C18H14Cl2N2O4. The van der Waals surface area contributed by atoms with Gasteiger partial charge in [0, 0.05) is 33.2 Å². The summed E-state index contributed by atoms with van der Waals surface area (Å²) in [5.41, 5.74) is 1.42. The number of ether oxygens (including phenoxy) is 1. The van der Waals surface area contributed by atoms with E-state index in [2.05, 4.69) is 10.3 Å². The number of hydrogen-bond donors (Lipinski definition) is 3. The Kier molecular flexibility index (Phi) is 5.06. The highest BCUT2D eigenvalue weighted by Gasteiger charge is 2.20. The Morgan fingerprint density at radius 2 is 1.96 bits per heavy atom. The first-order valence-electron chi connectivity index (χ1n) is 7.56. The van der Waals surface area contributed by atoms with Gasteiger partial charge in [0.1, 0.15) is 11.4 Å². The number of rotatable bonds is 5. The summed E-state index contributed by atoms with van der Waals surface area (Å²) in [7, 11) is 1.47. The number of methoxy groups -OCH3 is 1. The number of amides is 1. The Labute approximate surface area is 158 Å². The smallest absolute Gasteiger partial charge is 0.352 e. The van der Waals surface area contributed by atoms with E-state index in [1.807, 2.05) is 0 Å². The van der Waals surface area contributed by atoms with Gasteiger partial charge >= 0.3 is 5.97 Å². The number of carboxylic acids is 1. The van der Waals surface area contributed by atoms with Crippen LogP contribution in [0.15, 0.2) is 36.4 Å². The van der Waals surface area contributed by atoms with Crippen molar-refractivity contribution < 1.29 is 19.4 Å². The van der Waals surface area contributed by atoms with E-state index in [9.17, 15) is 14.7 Å². The number of anilines is 1. The minimum atomic E-state index is -1.15. The van der Waals surface area contributed by atoms with E-state index in [4.69, 9.17) is 27.9 Å². The molecule has 1 aromatic heterocycles. The predicted molar refractivity (Wildman–Crippen MR) is 101 cm³/mol. The first-order chi connectivity index (χ1) is 12.4. The van der Waals surface area contributed by atoms with Crippen molar-refractivity contribution in [1.82, 2.24) is 4.98 Å². The van der Waals surface area contributed by atoms with Gasteiger partial charge < -0.3 is 20.1 Å². The van der Waals surface area contributed by atoms with Gasteiger partial charge in [-0.1, -0.05) is 23.2 Å². The Morgan fingerprint density at radius 1 is 1.19 bits per heavy atom. The number of fused-ring (bicyclic) bond motifs is 1. The minimum Gasteiger partial charge on any atom is -0.495 e. The molecule has 0 saturated heterocycles. The number of benzene rings is 2. The highest BCUT2D eigenvalue weighted by Crippen LogP contribution is 2.29. The predicted octanol–water partition coefficient (Wildman–Crippen LogP) is 4.36. The van der Waals surface area contributed by atoms with Crippen molar-refractivity contribution in [1.29, 1.82) is 0 Å². The van der Waals surface area contributed by atoms with E-state index >= 15 is 0 Å². The second kappa shape index (κ2) is 7.27. The number of carboxylic acid groups (broad SMARTS) is 1. The first kappa shape index (κ1) is 18.1. The number of carbonyl (C=O) groups is 2. The lowest BCUT2D eigenvalue weighted by atomic mass is 10.1. The molecule has 8 heteroatoms. The number of hydrogen-bond acceptors (Lipinski definition) is 3. The van der Waals surface area contributed by atoms with Crippen LogP contribution in [0.2, 0.25) is 10.0 Å². The minimum absolute atomic E-state index is 0.0360. The van der Waals surface area contributed by atoms with Crippen molar-refractivity contribution >= 4 is 51.7 Å². The second-order valence-electron chi connectivity index (χ2n) is 5.55. The number of aromatic carboxylic acids is 1. The molecular weight excluding hydrogens is 379 g/mol. The standard InChI is InChI=1S/C18H14Cl2N2O4/c1-26-15-7-10(3-4-13(15)20)21-16(23)8-12-11-6-9(19)2-5-14(11)22-17(12)18(24)25/h2-7,22H,8H2,1H3,(H,21,23)(H,24,25). The molecule has 0 aliphatic carbocycles. The van der Waals surface area contributed by atoms with Crippen molar-refractivity contribution in [3.05, 3.63) is 57.7 Å². The molecule has 0 atom stereocenters. The molecule has 3 aromatic rings. The summed E-state index contributed by atoms with van der Waals surface area (Å²) in [6, 6.07) is 9.78. The van der Waals surface area contributed by atoms with Crippen LogP contribution in [0.3, 0.4) is 0 Å². The molecule has 0 aliphatic rings. The van der Waals surface area contributed by atoms with Crippen molar-refractivity contribution in [2.75, 3.05) is 12.4 Å². The molecule has 1 heterocycles. The average molecular weight is 393 g/mol. The van der Waals surface area contributed by atoms with Crippen LogP contribution < -0.4 is 10.1 Å². The second-order valence-corrected chi connectivity index (χ2v) is 6.39. The van der Waals surface area contributed by atoms with Gasteiger partial charge in [0.05, 0.1) is 18.6 Å². The Balaban J connectivity index is 1.90. The number of nitrogens with one attached hydrogen (secondary N) is 2. The zero-order chi connectivity index (χ0) is 18.8. The van der Waals surface area contributed by atoms with E-state index in [0.717, 1.165) is 0 Å². The van der Waals surface area contributed by atoms with Crippen LogP contribution >= 0.6 is 23.2 Å². The van der Waals surface area contributed by atoms with E-state index in [1.54, 1.807) is 36.4 Å². The zero-order valence-electron chi connectivity index (χ0n) is 13.6. The third-order valence-corrected chi connectivity index (χ3v) is 4.40. The van der Waals surface area contributed by atoms with Crippen molar-refractivity contribution in [2.45, 2.75) is 6.42 Å². The Hall–Kier alpha value is -2.70. The van der Waals surface area contributed by atoms with Gasteiger partial charge in [0.15, 0.2) is 0 Å². The third-order valence-electron chi connectivity index (χ3n) is 3.85. The fraction of sp³-hybridized carbons (Fsp3) is 0.111. The van der Waals surface area contributed by atoms with Crippen LogP contribution in [0.1, 0.15) is 16.1 Å². The lowest BCUT2D eigenvalue weighted by Gasteiger charge is -2.09. The van der Waals surface area contributed by atoms with E-state index in [0.29, 0.717) is 37.9 Å². The molecule has 3 N–H and O–H groups in total. The highest BCUT2D eigenvalue weighted by atomic mass is 35.5. The largest absolute Gasteiger partial charge is 0.495 e. The summed E-state index contributed by atoms with van der Waals surface area (Å²) in [5.74, 6) is -1.10. The SMILES string of the molecule is COc1cc(NC(=O)Cc2c(C(=O)O)[nH]c3ccc(Cl)cc23)ccc1Cl. The van der Waals surface area contributed by atoms with Crippen LogP contribution in [0.4, 0.5) is 5.69 Å². The highest BCUT2D eigenvalue weighted by molar-refractivity contribution is 6.32. The van der Waals surface area contributed by atoms with Gasteiger partial charge in [-0.25, -0.2) is 4.79 Å². The summed E-state index contributed by atoms with van der Waals surface area (Å²) in [4.78, 5) is 26.8. The molecule has 0 spiro atoms. The summed E-state index contributed by atoms with van der Waals surface area (Å²) < 4.78 is 5.11. The topological polar surface area (TPSA) is 91.4 Å². The van der Waals surface area contributed by atoms with E-state index in [-0.39, 0.29) is 18.0 Å². The summed E-state index contributed by atoms with van der Waals surface area (Å²) in [6.07, 6.45) is -0.132. The normalized spacial score (nSPS) is 10.7. The number of H-pyrrole nitrogens is 1. The third kappa shape index (κ3) is 3.61.